The van der Waals surface area contributed by atoms with Gasteiger partial charge in [0.1, 0.15) is 0 Å². The maximum Gasteiger partial charge on any atom is 0.230 e. The van der Waals surface area contributed by atoms with Crippen LogP contribution < -0.4 is 5.32 Å². The number of hydrogen-bond donors (Lipinski definition) is 1. The number of nitrogens with one attached hydrogen (secondary N) is 1. The van der Waals surface area contributed by atoms with E-state index in [4.69, 9.17) is 16.3 Å². The minimum Gasteiger partial charge on any atom is -0.373 e. The number of benzene rings is 1. The molecule has 0 unspecified atom stereocenters. The van der Waals surface area contributed by atoms with Crippen molar-refractivity contribution >= 4 is 17.5 Å². The van der Waals surface area contributed by atoms with Crippen LogP contribution >= 0.6 is 11.6 Å². The van der Waals surface area contributed by atoms with Gasteiger partial charge in [-0.25, -0.2) is 0 Å². The van der Waals surface area contributed by atoms with Gasteiger partial charge in [0.2, 0.25) is 5.91 Å². The summed E-state index contributed by atoms with van der Waals surface area (Å²) >= 11 is 6.04. The van der Waals surface area contributed by atoms with Crippen LogP contribution in [0.15, 0.2) is 24.3 Å². The van der Waals surface area contributed by atoms with Gasteiger partial charge in [0.25, 0.3) is 0 Å². The van der Waals surface area contributed by atoms with Gasteiger partial charge in [-0.3, -0.25) is 9.69 Å². The summed E-state index contributed by atoms with van der Waals surface area (Å²) in [7, 11) is 0. The number of piperidine rings is 1. The number of hydrogen-bond acceptors (Lipinski definition) is 3. The van der Waals surface area contributed by atoms with E-state index in [0.717, 1.165) is 44.4 Å². The monoisotopic (exact) mass is 376 g/mol. The quantitative estimate of drug-likeness (QED) is 0.874. The zero-order chi connectivity index (χ0) is 18.0. The van der Waals surface area contributed by atoms with Crippen molar-refractivity contribution in [3.05, 3.63) is 34.9 Å². The molecule has 1 N–H and O–H groups in total. The third kappa shape index (κ3) is 3.64. The molecule has 1 aromatic rings. The average molecular weight is 377 g/mol. The Morgan fingerprint density at radius 3 is 2.73 bits per heavy atom. The fraction of sp³-hybridized carbons (Fsp3) is 0.667. The Labute approximate surface area is 161 Å². The van der Waals surface area contributed by atoms with Crippen LogP contribution in [0.4, 0.5) is 0 Å². The molecule has 5 heteroatoms. The zero-order valence-electron chi connectivity index (χ0n) is 15.4. The maximum absolute atomic E-state index is 13.2. The number of halogens is 1. The minimum absolute atomic E-state index is 0.108. The molecule has 142 valence electrons. The Kier molecular flexibility index (Phi) is 5.53. The predicted molar refractivity (Wildman–Crippen MR) is 104 cm³/mol. The van der Waals surface area contributed by atoms with Crippen molar-refractivity contribution < 1.29 is 9.53 Å². The first-order chi connectivity index (χ1) is 12.7. The van der Waals surface area contributed by atoms with E-state index in [2.05, 4.69) is 10.2 Å². The molecule has 3 fully saturated rings. The topological polar surface area (TPSA) is 41.6 Å². The van der Waals surface area contributed by atoms with Crippen molar-refractivity contribution in [1.82, 2.24) is 10.2 Å². The molecule has 0 aromatic heterocycles. The molecule has 0 spiro atoms. The van der Waals surface area contributed by atoms with Crippen LogP contribution in [-0.2, 0) is 14.9 Å². The van der Waals surface area contributed by atoms with Gasteiger partial charge in [-0.1, -0.05) is 43.0 Å². The van der Waals surface area contributed by atoms with E-state index < -0.39 is 5.41 Å². The summed E-state index contributed by atoms with van der Waals surface area (Å²) in [6, 6.07) is 8.41. The molecule has 0 bridgehead atoms. The molecule has 1 amide bonds. The molecule has 4 nitrogen and oxygen atoms in total. The van der Waals surface area contributed by atoms with Gasteiger partial charge < -0.3 is 10.1 Å². The second-order valence-corrected chi connectivity index (χ2v) is 8.54. The molecule has 4 rings (SSSR count). The van der Waals surface area contributed by atoms with Gasteiger partial charge in [0.05, 0.1) is 18.1 Å². The van der Waals surface area contributed by atoms with Gasteiger partial charge in [-0.05, 0) is 49.9 Å². The molecule has 2 aliphatic heterocycles. The van der Waals surface area contributed by atoms with Gasteiger partial charge in [-0.2, -0.15) is 0 Å². The van der Waals surface area contributed by atoms with E-state index in [1.165, 1.54) is 25.8 Å². The highest BCUT2D eigenvalue weighted by Gasteiger charge is 2.43. The summed E-state index contributed by atoms with van der Waals surface area (Å²) in [5, 5.41) is 3.94. The third-order valence-corrected chi connectivity index (χ3v) is 6.74. The number of nitrogens with zero attached hydrogens (tertiary/aromatic N) is 1. The second kappa shape index (κ2) is 7.87. The fourth-order valence-corrected chi connectivity index (χ4v) is 5.07. The number of rotatable bonds is 4. The lowest BCUT2D eigenvalue weighted by Crippen LogP contribution is -2.55. The molecule has 2 atom stereocenters. The van der Waals surface area contributed by atoms with E-state index in [-0.39, 0.29) is 12.0 Å². The highest BCUT2D eigenvalue weighted by molar-refractivity contribution is 6.30. The number of fused-ring (bicyclic) bond motifs is 1. The summed E-state index contributed by atoms with van der Waals surface area (Å²) < 4.78 is 6.04. The smallest absolute Gasteiger partial charge is 0.230 e. The highest BCUT2D eigenvalue weighted by atomic mass is 35.5. The lowest BCUT2D eigenvalue weighted by molar-refractivity contribution is -0.128. The SMILES string of the molecule is O=C(NC[C@H]1CN2CCCC[C@H]2CO1)C1(c2ccc(Cl)cc2)CCCC1. The maximum atomic E-state index is 13.2. The molecular weight excluding hydrogens is 348 g/mol. The van der Waals surface area contributed by atoms with Crippen molar-refractivity contribution in [2.24, 2.45) is 0 Å². The summed E-state index contributed by atoms with van der Waals surface area (Å²) in [6.07, 6.45) is 8.00. The number of morpholine rings is 1. The molecule has 1 saturated carbocycles. The summed E-state index contributed by atoms with van der Waals surface area (Å²) in [5.41, 5.74) is 0.699. The third-order valence-electron chi connectivity index (χ3n) is 6.49. The van der Waals surface area contributed by atoms with Gasteiger partial charge in [-0.15, -0.1) is 0 Å². The van der Waals surface area contributed by atoms with Crippen molar-refractivity contribution in [3.8, 4) is 0 Å². The van der Waals surface area contributed by atoms with E-state index in [0.29, 0.717) is 17.6 Å². The number of carbonyl (C=O) groups is 1. The zero-order valence-corrected chi connectivity index (χ0v) is 16.1. The summed E-state index contributed by atoms with van der Waals surface area (Å²) in [4.78, 5) is 15.7. The van der Waals surface area contributed by atoms with Gasteiger partial charge in [0.15, 0.2) is 0 Å². The molecule has 26 heavy (non-hydrogen) atoms. The number of carbonyl (C=O) groups excluding carboxylic acids is 1. The predicted octanol–water partition coefficient (Wildman–Crippen LogP) is 3.52. The van der Waals surface area contributed by atoms with Crippen LogP contribution in [0.5, 0.6) is 0 Å². The molecule has 0 radical (unpaired) electrons. The normalized spacial score (nSPS) is 28.5. The van der Waals surface area contributed by atoms with Crippen LogP contribution in [0.25, 0.3) is 0 Å². The van der Waals surface area contributed by atoms with Crippen molar-refractivity contribution in [3.63, 3.8) is 0 Å². The van der Waals surface area contributed by atoms with E-state index in [1.807, 2.05) is 24.3 Å². The first-order valence-electron chi connectivity index (χ1n) is 10.1. The second-order valence-electron chi connectivity index (χ2n) is 8.11. The van der Waals surface area contributed by atoms with Crippen LogP contribution in [0, 0.1) is 0 Å². The lowest BCUT2D eigenvalue weighted by atomic mass is 9.78. The summed E-state index contributed by atoms with van der Waals surface area (Å²) in [6.45, 7) is 3.53. The van der Waals surface area contributed by atoms with E-state index in [9.17, 15) is 4.79 Å². The number of amides is 1. The Morgan fingerprint density at radius 1 is 1.19 bits per heavy atom. The van der Waals surface area contributed by atoms with Crippen LogP contribution in [-0.4, -0.2) is 49.2 Å². The average Bonchev–Trinajstić information content (AvgIpc) is 3.17. The fourth-order valence-electron chi connectivity index (χ4n) is 4.94. The van der Waals surface area contributed by atoms with Crippen molar-refractivity contribution in [2.45, 2.75) is 62.5 Å². The van der Waals surface area contributed by atoms with Crippen LogP contribution in [0.3, 0.4) is 0 Å². The standard InChI is InChI=1S/C21H29ClN2O2/c22-17-8-6-16(7-9-17)21(10-2-3-11-21)20(25)23-13-19-14-24-12-4-1-5-18(24)15-26-19/h6-9,18-19H,1-5,10-15H2,(H,23,25)/t18-,19-/m0/s1. The Morgan fingerprint density at radius 2 is 1.96 bits per heavy atom. The Hall–Kier alpha value is -1.10. The Bertz CT molecular complexity index is 627. The van der Waals surface area contributed by atoms with Gasteiger partial charge >= 0.3 is 0 Å². The van der Waals surface area contributed by atoms with Crippen molar-refractivity contribution in [2.75, 3.05) is 26.2 Å². The van der Waals surface area contributed by atoms with E-state index in [1.54, 1.807) is 0 Å². The van der Waals surface area contributed by atoms with Gasteiger partial charge in [0, 0.05) is 24.2 Å². The first-order valence-corrected chi connectivity index (χ1v) is 10.5. The van der Waals surface area contributed by atoms with Crippen LogP contribution in [0.2, 0.25) is 5.02 Å². The largest absolute Gasteiger partial charge is 0.373 e. The highest BCUT2D eigenvalue weighted by Crippen LogP contribution is 2.41. The molecule has 2 saturated heterocycles. The first kappa shape index (κ1) is 18.3. The molecule has 1 aliphatic carbocycles. The van der Waals surface area contributed by atoms with E-state index >= 15 is 0 Å². The van der Waals surface area contributed by atoms with Crippen molar-refractivity contribution in [1.29, 1.82) is 0 Å². The lowest BCUT2D eigenvalue weighted by Gasteiger charge is -2.42. The molecule has 2 heterocycles. The Balaban J connectivity index is 1.39. The molecular formula is C21H29ClN2O2. The molecule has 3 aliphatic rings. The minimum atomic E-state index is -0.396. The van der Waals surface area contributed by atoms with Crippen LogP contribution in [0.1, 0.15) is 50.5 Å². The molecule has 1 aromatic carbocycles. The number of ether oxygens (including phenoxy) is 1. The summed E-state index contributed by atoms with van der Waals surface area (Å²) in [5.74, 6) is 0.154.